The van der Waals surface area contributed by atoms with Crippen LogP contribution in [-0.4, -0.2) is 20.7 Å². The zero-order chi connectivity index (χ0) is 18.0. The summed E-state index contributed by atoms with van der Waals surface area (Å²) in [5.74, 6) is 0.476. The normalized spacial score (nSPS) is 11.0. The smallest absolute Gasteiger partial charge is 0.273 e. The van der Waals surface area contributed by atoms with E-state index in [1.54, 1.807) is 28.8 Å². The first-order valence-electron chi connectivity index (χ1n) is 7.29. The summed E-state index contributed by atoms with van der Waals surface area (Å²) in [6.45, 7) is 4.80. The van der Waals surface area contributed by atoms with Crippen molar-refractivity contribution in [2.24, 2.45) is 0 Å². The minimum absolute atomic E-state index is 0.148. The van der Waals surface area contributed by atoms with Gasteiger partial charge in [0.05, 0.1) is 11.6 Å². The second kappa shape index (κ2) is 7.70. The molecule has 0 aliphatic rings. The highest BCUT2D eigenvalue weighted by Crippen LogP contribution is 2.27. The van der Waals surface area contributed by atoms with Crippen molar-refractivity contribution in [1.82, 2.24) is 14.1 Å². The summed E-state index contributed by atoms with van der Waals surface area (Å²) in [6, 6.07) is 4.98. The van der Waals surface area contributed by atoms with E-state index < -0.39 is 0 Å². The van der Waals surface area contributed by atoms with Crippen molar-refractivity contribution in [3.63, 3.8) is 0 Å². The average Bonchev–Trinajstić information content (AvgIpc) is 2.90. The van der Waals surface area contributed by atoms with Gasteiger partial charge in [-0.05, 0) is 24.4 Å². The van der Waals surface area contributed by atoms with E-state index in [0.717, 1.165) is 0 Å². The minimum atomic E-state index is -0.148. The van der Waals surface area contributed by atoms with Crippen LogP contribution in [0.5, 0.6) is 5.75 Å². The lowest BCUT2D eigenvalue weighted by Gasteiger charge is -2.10. The second-order valence-electron chi connectivity index (χ2n) is 5.09. The minimum Gasteiger partial charge on any atom is -0.490 e. The van der Waals surface area contributed by atoms with Crippen LogP contribution in [0, 0.1) is 3.95 Å². The molecule has 0 saturated heterocycles. The molecular formula is C16H13Cl2N3O2S2. The number of nitrogens with zero attached hydrogens (tertiary/aromatic N) is 3. The van der Waals surface area contributed by atoms with Crippen molar-refractivity contribution < 1.29 is 4.74 Å². The molecule has 0 unspecified atom stereocenters. The Morgan fingerprint density at radius 2 is 2.20 bits per heavy atom. The molecule has 2 aromatic heterocycles. The van der Waals surface area contributed by atoms with E-state index in [1.165, 1.54) is 22.2 Å². The molecule has 0 spiro atoms. The molecule has 25 heavy (non-hydrogen) atoms. The first-order chi connectivity index (χ1) is 12.0. The van der Waals surface area contributed by atoms with Gasteiger partial charge in [0.15, 0.2) is 9.60 Å². The van der Waals surface area contributed by atoms with E-state index >= 15 is 0 Å². The molecule has 0 bridgehead atoms. The number of benzene rings is 1. The molecule has 0 aliphatic heterocycles. The summed E-state index contributed by atoms with van der Waals surface area (Å²) in [4.78, 5) is 17.0. The van der Waals surface area contributed by atoms with Gasteiger partial charge in [0.1, 0.15) is 23.4 Å². The van der Waals surface area contributed by atoms with Crippen LogP contribution in [0.25, 0.3) is 10.3 Å². The number of halogens is 2. The first kappa shape index (κ1) is 18.1. The summed E-state index contributed by atoms with van der Waals surface area (Å²) < 4.78 is 10.0. The second-order valence-corrected chi connectivity index (χ2v) is 7.57. The fraction of sp³-hybridized carbons (Fsp3) is 0.188. The van der Waals surface area contributed by atoms with Gasteiger partial charge in [0, 0.05) is 17.6 Å². The maximum absolute atomic E-state index is 12.6. The van der Waals surface area contributed by atoms with Gasteiger partial charge in [-0.1, -0.05) is 40.6 Å². The van der Waals surface area contributed by atoms with Gasteiger partial charge in [-0.25, -0.2) is 4.98 Å². The first-order valence-corrected chi connectivity index (χ1v) is 9.27. The van der Waals surface area contributed by atoms with Crippen LogP contribution in [0.4, 0.5) is 0 Å². The number of thiazole rings is 1. The molecule has 0 radical (unpaired) electrons. The quantitative estimate of drug-likeness (QED) is 0.438. The van der Waals surface area contributed by atoms with Crippen LogP contribution in [0.3, 0.4) is 0 Å². The molecule has 0 atom stereocenters. The van der Waals surface area contributed by atoms with E-state index in [2.05, 4.69) is 11.6 Å². The molecule has 2 heterocycles. The zero-order valence-corrected chi connectivity index (χ0v) is 16.1. The highest BCUT2D eigenvalue weighted by molar-refractivity contribution is 7.73. The van der Waals surface area contributed by atoms with E-state index in [9.17, 15) is 4.79 Å². The van der Waals surface area contributed by atoms with Gasteiger partial charge in [-0.15, -0.1) is 6.58 Å². The van der Waals surface area contributed by atoms with E-state index in [0.29, 0.717) is 43.2 Å². The van der Waals surface area contributed by atoms with Gasteiger partial charge >= 0.3 is 0 Å². The fourth-order valence-electron chi connectivity index (χ4n) is 2.26. The van der Waals surface area contributed by atoms with Crippen LogP contribution >= 0.6 is 46.8 Å². The molecule has 3 aromatic rings. The third-order valence-electron chi connectivity index (χ3n) is 3.44. The molecule has 0 saturated carbocycles. The number of hydrogen-bond acceptors (Lipinski definition) is 5. The summed E-state index contributed by atoms with van der Waals surface area (Å²) in [6.07, 6.45) is 3.21. The third kappa shape index (κ3) is 3.79. The van der Waals surface area contributed by atoms with Crippen molar-refractivity contribution in [3.05, 3.63) is 61.5 Å². The molecule has 130 valence electrons. The van der Waals surface area contributed by atoms with Crippen molar-refractivity contribution in [3.8, 4) is 5.75 Å². The predicted octanol–water partition coefficient (Wildman–Crippen LogP) is 4.56. The molecule has 0 fully saturated rings. The molecule has 1 aromatic carbocycles. The topological polar surface area (TPSA) is 49.0 Å². The predicted molar refractivity (Wildman–Crippen MR) is 105 cm³/mol. The maximum atomic E-state index is 12.6. The van der Waals surface area contributed by atoms with Gasteiger partial charge in [0.25, 0.3) is 5.56 Å². The summed E-state index contributed by atoms with van der Waals surface area (Å²) >= 11 is 18.5. The van der Waals surface area contributed by atoms with Crippen LogP contribution in [-0.2, 0) is 13.1 Å². The monoisotopic (exact) mass is 413 g/mol. The van der Waals surface area contributed by atoms with Crippen molar-refractivity contribution >= 4 is 57.1 Å². The van der Waals surface area contributed by atoms with Crippen molar-refractivity contribution in [2.75, 3.05) is 6.61 Å². The lowest BCUT2D eigenvalue weighted by Crippen LogP contribution is -2.23. The van der Waals surface area contributed by atoms with Gasteiger partial charge in [0.2, 0.25) is 0 Å². The number of fused-ring (bicyclic) bond motifs is 1. The van der Waals surface area contributed by atoms with E-state index in [1.807, 2.05) is 0 Å². The fourth-order valence-corrected chi connectivity index (χ4v) is 3.91. The van der Waals surface area contributed by atoms with Gasteiger partial charge in [-0.2, -0.15) is 0 Å². The number of rotatable bonds is 6. The standard InChI is InChI=1S/C16H13Cl2N3O2S2/c1-2-5-21-14-13(25-16(21)24)15(22)20(9-19-14)6-7-23-12-8-10(17)3-4-11(12)18/h2-4,8-9H,1,5-7H2. The maximum Gasteiger partial charge on any atom is 0.273 e. The van der Waals surface area contributed by atoms with E-state index in [4.69, 9.17) is 40.2 Å². The summed E-state index contributed by atoms with van der Waals surface area (Å²) in [7, 11) is 0. The molecule has 9 heteroatoms. The Balaban J connectivity index is 1.81. The molecule has 0 aliphatic carbocycles. The summed E-state index contributed by atoms with van der Waals surface area (Å²) in [5.41, 5.74) is 0.430. The molecule has 3 rings (SSSR count). The highest BCUT2D eigenvalue weighted by atomic mass is 35.5. The van der Waals surface area contributed by atoms with Crippen LogP contribution < -0.4 is 10.3 Å². The average molecular weight is 414 g/mol. The van der Waals surface area contributed by atoms with Crippen LogP contribution in [0.15, 0.2) is 42.0 Å². The number of aromatic nitrogens is 3. The largest absolute Gasteiger partial charge is 0.490 e. The van der Waals surface area contributed by atoms with Crippen LogP contribution in [0.1, 0.15) is 0 Å². The van der Waals surface area contributed by atoms with E-state index in [-0.39, 0.29) is 12.2 Å². The van der Waals surface area contributed by atoms with Crippen molar-refractivity contribution in [1.29, 1.82) is 0 Å². The Hall–Kier alpha value is -1.67. The Morgan fingerprint density at radius 1 is 1.40 bits per heavy atom. The lowest BCUT2D eigenvalue weighted by molar-refractivity contribution is 0.296. The molecule has 0 N–H and O–H groups in total. The van der Waals surface area contributed by atoms with Gasteiger partial charge < -0.3 is 9.30 Å². The van der Waals surface area contributed by atoms with Gasteiger partial charge in [-0.3, -0.25) is 9.36 Å². The SMILES string of the molecule is C=CCn1c(=S)sc2c(=O)n(CCOc3cc(Cl)ccc3Cl)cnc21. The lowest BCUT2D eigenvalue weighted by atomic mass is 10.3. The Kier molecular flexibility index (Phi) is 5.58. The molecule has 0 amide bonds. The summed E-state index contributed by atoms with van der Waals surface area (Å²) in [5, 5.41) is 0.993. The van der Waals surface area contributed by atoms with Crippen molar-refractivity contribution in [2.45, 2.75) is 13.1 Å². The molecular weight excluding hydrogens is 401 g/mol. The van der Waals surface area contributed by atoms with Crippen LogP contribution in [0.2, 0.25) is 10.0 Å². The number of allylic oxidation sites excluding steroid dienone is 1. The Morgan fingerprint density at radius 3 is 2.96 bits per heavy atom. The number of hydrogen-bond donors (Lipinski definition) is 0. The highest BCUT2D eigenvalue weighted by Gasteiger charge is 2.11. The Bertz CT molecular complexity index is 1060. The molecule has 5 nitrogen and oxygen atoms in total. The number of ether oxygens (including phenoxy) is 1. The Labute approximate surface area is 162 Å². The third-order valence-corrected chi connectivity index (χ3v) is 5.41. The zero-order valence-electron chi connectivity index (χ0n) is 12.9.